The Kier molecular flexibility index (Phi) is 4.73. The van der Waals surface area contributed by atoms with Crippen molar-refractivity contribution in [2.75, 3.05) is 6.54 Å². The molecule has 2 aromatic rings. The lowest BCUT2D eigenvalue weighted by molar-refractivity contribution is 0.830. The van der Waals surface area contributed by atoms with Crippen LogP contribution in [-0.4, -0.2) is 16.3 Å². The summed E-state index contributed by atoms with van der Waals surface area (Å²) in [4.78, 5) is 0. The molecule has 0 fully saturated rings. The van der Waals surface area contributed by atoms with E-state index in [2.05, 4.69) is 42.4 Å². The lowest BCUT2D eigenvalue weighted by Crippen LogP contribution is -2.04. The molecule has 1 aromatic carbocycles. The van der Waals surface area contributed by atoms with Gasteiger partial charge in [0.05, 0.1) is 11.4 Å². The summed E-state index contributed by atoms with van der Waals surface area (Å²) < 4.78 is 1.97. The summed E-state index contributed by atoms with van der Waals surface area (Å²) in [6.07, 6.45) is 0.910. The molecule has 0 atom stereocenters. The molecule has 17 heavy (non-hydrogen) atoms. The van der Waals surface area contributed by atoms with Crippen molar-refractivity contribution in [3.63, 3.8) is 0 Å². The SMILES string of the molecule is Cc1cc(C)n(-c2cccc(CCN)c2)n1.Cl. The average Bonchev–Trinajstić information content (AvgIpc) is 2.59. The van der Waals surface area contributed by atoms with E-state index in [1.165, 1.54) is 5.56 Å². The summed E-state index contributed by atoms with van der Waals surface area (Å²) >= 11 is 0. The van der Waals surface area contributed by atoms with E-state index in [0.717, 1.165) is 23.5 Å². The highest BCUT2D eigenvalue weighted by atomic mass is 35.5. The summed E-state index contributed by atoms with van der Waals surface area (Å²) in [5.74, 6) is 0. The zero-order valence-electron chi connectivity index (χ0n) is 10.2. The van der Waals surface area contributed by atoms with Crippen molar-refractivity contribution in [3.05, 3.63) is 47.3 Å². The van der Waals surface area contributed by atoms with E-state index in [9.17, 15) is 0 Å². The summed E-state index contributed by atoms with van der Waals surface area (Å²) in [6.45, 7) is 4.75. The number of halogens is 1. The fourth-order valence-corrected chi connectivity index (χ4v) is 1.90. The highest BCUT2D eigenvalue weighted by Gasteiger charge is 2.03. The first kappa shape index (κ1) is 13.7. The highest BCUT2D eigenvalue weighted by molar-refractivity contribution is 5.85. The van der Waals surface area contributed by atoms with Crippen molar-refractivity contribution in [1.82, 2.24) is 9.78 Å². The predicted octanol–water partition coefficient (Wildman–Crippen LogP) is 2.41. The molecule has 3 nitrogen and oxygen atoms in total. The predicted molar refractivity (Wildman–Crippen MR) is 73.0 cm³/mol. The van der Waals surface area contributed by atoms with Crippen molar-refractivity contribution in [2.24, 2.45) is 5.73 Å². The third-order valence-electron chi connectivity index (χ3n) is 2.60. The van der Waals surface area contributed by atoms with Crippen LogP contribution in [0.3, 0.4) is 0 Å². The molecule has 0 aliphatic carbocycles. The zero-order valence-corrected chi connectivity index (χ0v) is 11.0. The minimum Gasteiger partial charge on any atom is -0.330 e. The number of hydrogen-bond acceptors (Lipinski definition) is 2. The molecule has 4 heteroatoms. The molecule has 0 aliphatic rings. The standard InChI is InChI=1S/C13H17N3.ClH/c1-10-8-11(2)16(15-10)13-5-3-4-12(9-13)6-7-14;/h3-5,8-9H,6-7,14H2,1-2H3;1H. The first-order valence-corrected chi connectivity index (χ1v) is 5.53. The molecule has 0 aliphatic heterocycles. The minimum atomic E-state index is 0. The molecule has 0 saturated carbocycles. The molecule has 2 N–H and O–H groups in total. The van der Waals surface area contributed by atoms with Gasteiger partial charge in [-0.1, -0.05) is 12.1 Å². The Morgan fingerprint density at radius 1 is 1.24 bits per heavy atom. The summed E-state index contributed by atoms with van der Waals surface area (Å²) in [5.41, 5.74) is 10.1. The van der Waals surface area contributed by atoms with Crippen LogP contribution in [0.25, 0.3) is 5.69 Å². The highest BCUT2D eigenvalue weighted by Crippen LogP contribution is 2.13. The van der Waals surface area contributed by atoms with E-state index in [0.29, 0.717) is 6.54 Å². The van der Waals surface area contributed by atoms with Gasteiger partial charge in [-0.05, 0) is 50.6 Å². The van der Waals surface area contributed by atoms with E-state index in [4.69, 9.17) is 5.73 Å². The molecule has 2 rings (SSSR count). The largest absolute Gasteiger partial charge is 0.330 e. The number of hydrogen-bond donors (Lipinski definition) is 1. The number of aromatic nitrogens is 2. The maximum Gasteiger partial charge on any atom is 0.0651 e. The van der Waals surface area contributed by atoms with Crippen LogP contribution in [0, 0.1) is 13.8 Å². The number of rotatable bonds is 3. The molecular weight excluding hydrogens is 234 g/mol. The van der Waals surface area contributed by atoms with Gasteiger partial charge in [0.2, 0.25) is 0 Å². The van der Waals surface area contributed by atoms with Crippen LogP contribution in [0.15, 0.2) is 30.3 Å². The van der Waals surface area contributed by atoms with Crippen molar-refractivity contribution in [3.8, 4) is 5.69 Å². The van der Waals surface area contributed by atoms with E-state index in [1.54, 1.807) is 0 Å². The number of nitrogens with zero attached hydrogens (tertiary/aromatic N) is 2. The van der Waals surface area contributed by atoms with Gasteiger partial charge >= 0.3 is 0 Å². The van der Waals surface area contributed by atoms with Gasteiger partial charge in [0, 0.05) is 5.69 Å². The van der Waals surface area contributed by atoms with Gasteiger partial charge in [-0.15, -0.1) is 12.4 Å². The quantitative estimate of drug-likeness (QED) is 0.911. The molecule has 1 aromatic heterocycles. The van der Waals surface area contributed by atoms with Crippen LogP contribution in [0.2, 0.25) is 0 Å². The van der Waals surface area contributed by atoms with Crippen LogP contribution < -0.4 is 5.73 Å². The summed E-state index contributed by atoms with van der Waals surface area (Å²) in [7, 11) is 0. The second-order valence-electron chi connectivity index (χ2n) is 4.05. The molecule has 0 spiro atoms. The maximum atomic E-state index is 5.56. The van der Waals surface area contributed by atoms with Gasteiger partial charge in [-0.25, -0.2) is 4.68 Å². The van der Waals surface area contributed by atoms with Crippen LogP contribution in [0.4, 0.5) is 0 Å². The fraction of sp³-hybridized carbons (Fsp3) is 0.308. The van der Waals surface area contributed by atoms with Gasteiger partial charge < -0.3 is 5.73 Å². The van der Waals surface area contributed by atoms with E-state index >= 15 is 0 Å². The van der Waals surface area contributed by atoms with Crippen LogP contribution in [0.5, 0.6) is 0 Å². The molecule has 92 valence electrons. The molecular formula is C13H18ClN3. The zero-order chi connectivity index (χ0) is 11.5. The first-order valence-electron chi connectivity index (χ1n) is 5.53. The molecule has 0 saturated heterocycles. The third-order valence-corrected chi connectivity index (χ3v) is 2.60. The second kappa shape index (κ2) is 5.84. The van der Waals surface area contributed by atoms with Crippen molar-refractivity contribution in [2.45, 2.75) is 20.3 Å². The van der Waals surface area contributed by atoms with Gasteiger partial charge in [0.1, 0.15) is 0 Å². The maximum absolute atomic E-state index is 5.56. The fourth-order valence-electron chi connectivity index (χ4n) is 1.90. The van der Waals surface area contributed by atoms with Crippen molar-refractivity contribution >= 4 is 12.4 Å². The van der Waals surface area contributed by atoms with E-state index in [1.807, 2.05) is 11.6 Å². The Morgan fingerprint density at radius 2 is 2.00 bits per heavy atom. The van der Waals surface area contributed by atoms with Crippen molar-refractivity contribution in [1.29, 1.82) is 0 Å². The van der Waals surface area contributed by atoms with E-state index in [-0.39, 0.29) is 12.4 Å². The lowest BCUT2D eigenvalue weighted by Gasteiger charge is -2.06. The average molecular weight is 252 g/mol. The Hall–Kier alpha value is -1.32. The molecule has 0 bridgehead atoms. The monoisotopic (exact) mass is 251 g/mol. The van der Waals surface area contributed by atoms with Crippen LogP contribution in [0.1, 0.15) is 17.0 Å². The smallest absolute Gasteiger partial charge is 0.0651 e. The normalized spacial score (nSPS) is 10.1. The Bertz CT molecular complexity index is 491. The second-order valence-corrected chi connectivity index (χ2v) is 4.05. The van der Waals surface area contributed by atoms with Crippen LogP contribution in [-0.2, 0) is 6.42 Å². The van der Waals surface area contributed by atoms with Gasteiger partial charge in [0.25, 0.3) is 0 Å². The van der Waals surface area contributed by atoms with Crippen LogP contribution >= 0.6 is 12.4 Å². The number of nitrogens with two attached hydrogens (primary N) is 1. The first-order chi connectivity index (χ1) is 7.70. The van der Waals surface area contributed by atoms with Gasteiger partial charge in [-0.2, -0.15) is 5.10 Å². The Balaban J connectivity index is 0.00000144. The van der Waals surface area contributed by atoms with Crippen molar-refractivity contribution < 1.29 is 0 Å². The molecule has 0 amide bonds. The lowest BCUT2D eigenvalue weighted by atomic mass is 10.1. The topological polar surface area (TPSA) is 43.8 Å². The minimum absolute atomic E-state index is 0. The molecule has 0 radical (unpaired) electrons. The summed E-state index contributed by atoms with van der Waals surface area (Å²) in [5, 5.41) is 4.47. The summed E-state index contributed by atoms with van der Waals surface area (Å²) in [6, 6.07) is 10.4. The number of aryl methyl sites for hydroxylation is 2. The van der Waals surface area contributed by atoms with E-state index < -0.39 is 0 Å². The molecule has 0 unspecified atom stereocenters. The van der Waals surface area contributed by atoms with Gasteiger partial charge in [0.15, 0.2) is 0 Å². The third kappa shape index (κ3) is 3.08. The molecule has 1 heterocycles. The van der Waals surface area contributed by atoms with Gasteiger partial charge in [-0.3, -0.25) is 0 Å². The Morgan fingerprint density at radius 3 is 2.59 bits per heavy atom. The Labute approximate surface area is 108 Å². The number of benzene rings is 1.